The van der Waals surface area contributed by atoms with E-state index >= 15 is 0 Å². The number of nitrogens with zero attached hydrogens (tertiary/aromatic N) is 1. The molecule has 2 aliphatic rings. The van der Waals surface area contributed by atoms with Crippen LogP contribution in [-0.4, -0.2) is 28.6 Å². The quantitative estimate of drug-likeness (QED) is 0.908. The molecule has 4 atom stereocenters. The van der Waals surface area contributed by atoms with Crippen LogP contribution >= 0.6 is 11.3 Å². The van der Waals surface area contributed by atoms with Crippen LogP contribution in [0.15, 0.2) is 28.3 Å². The first-order valence-electron chi connectivity index (χ1n) is 7.67. The van der Waals surface area contributed by atoms with Crippen molar-refractivity contribution in [2.75, 3.05) is 6.61 Å². The fourth-order valence-corrected chi connectivity index (χ4v) is 4.82. The summed E-state index contributed by atoms with van der Waals surface area (Å²) in [6.07, 6.45) is 4.75. The van der Waals surface area contributed by atoms with Crippen molar-refractivity contribution in [3.8, 4) is 10.6 Å². The van der Waals surface area contributed by atoms with E-state index in [0.29, 0.717) is 23.3 Å². The lowest BCUT2D eigenvalue weighted by atomic mass is 9.85. The average molecular weight is 318 g/mol. The molecule has 116 valence electrons. The van der Waals surface area contributed by atoms with Crippen LogP contribution in [0.25, 0.3) is 10.6 Å². The van der Waals surface area contributed by atoms with Crippen molar-refractivity contribution < 1.29 is 14.3 Å². The smallest absolute Gasteiger partial charge is 0.274 e. The second kappa shape index (κ2) is 5.52. The van der Waals surface area contributed by atoms with Crippen LogP contribution in [0.1, 0.15) is 29.8 Å². The average Bonchev–Trinajstić information content (AvgIpc) is 3.28. The molecule has 1 amide bonds. The number of rotatable bonds is 4. The molecule has 2 aliphatic carbocycles. The van der Waals surface area contributed by atoms with E-state index in [1.54, 1.807) is 0 Å². The van der Waals surface area contributed by atoms with Gasteiger partial charge in [0, 0.05) is 18.6 Å². The maximum absolute atomic E-state index is 12.6. The number of aliphatic hydroxyl groups excluding tert-OH is 1. The van der Waals surface area contributed by atoms with Crippen molar-refractivity contribution in [1.29, 1.82) is 0 Å². The Hall–Kier alpha value is -1.66. The van der Waals surface area contributed by atoms with Crippen molar-refractivity contribution in [1.82, 2.24) is 10.3 Å². The first kappa shape index (κ1) is 14.0. The topological polar surface area (TPSA) is 75.4 Å². The number of hydrogen-bond acceptors (Lipinski definition) is 5. The van der Waals surface area contributed by atoms with Gasteiger partial charge in [-0.15, -0.1) is 11.3 Å². The van der Waals surface area contributed by atoms with E-state index < -0.39 is 0 Å². The highest BCUT2D eigenvalue weighted by Gasteiger charge is 2.48. The predicted molar refractivity (Wildman–Crippen MR) is 82.5 cm³/mol. The highest BCUT2D eigenvalue weighted by molar-refractivity contribution is 7.13. The molecule has 2 aromatic rings. The highest BCUT2D eigenvalue weighted by Crippen LogP contribution is 2.48. The number of oxazole rings is 1. The fraction of sp³-hybridized carbons (Fsp3) is 0.500. The third kappa shape index (κ3) is 2.18. The van der Waals surface area contributed by atoms with Gasteiger partial charge in [0.05, 0.1) is 4.88 Å². The number of aromatic nitrogens is 1. The lowest BCUT2D eigenvalue weighted by Crippen LogP contribution is -2.45. The van der Waals surface area contributed by atoms with E-state index in [9.17, 15) is 9.90 Å². The van der Waals surface area contributed by atoms with Crippen LogP contribution in [0.5, 0.6) is 0 Å². The molecule has 0 radical (unpaired) electrons. The number of amides is 1. The molecule has 2 saturated carbocycles. The number of hydrogen-bond donors (Lipinski definition) is 2. The maximum atomic E-state index is 12.6. The summed E-state index contributed by atoms with van der Waals surface area (Å²) in [5.41, 5.74) is 0.335. The van der Waals surface area contributed by atoms with E-state index in [-0.39, 0.29) is 24.5 Å². The van der Waals surface area contributed by atoms with Gasteiger partial charge in [0.25, 0.3) is 5.91 Å². The highest BCUT2D eigenvalue weighted by atomic mass is 32.1. The van der Waals surface area contributed by atoms with Gasteiger partial charge in [-0.1, -0.05) is 6.07 Å². The van der Waals surface area contributed by atoms with E-state index in [1.165, 1.54) is 24.2 Å². The van der Waals surface area contributed by atoms with E-state index in [1.807, 2.05) is 17.5 Å². The minimum atomic E-state index is -0.201. The van der Waals surface area contributed by atoms with Crippen molar-refractivity contribution in [3.05, 3.63) is 29.6 Å². The molecule has 2 aromatic heterocycles. The monoisotopic (exact) mass is 318 g/mol. The van der Waals surface area contributed by atoms with E-state index in [0.717, 1.165) is 17.7 Å². The standard InChI is InChI=1S/C16H18N2O3S/c19-7-11-9-3-4-10(6-9)13(11)18-16(20)14-15(21-8-17-14)12-2-1-5-22-12/h1-2,5,8-11,13,19H,3-4,6-7H2,(H,18,20). The van der Waals surface area contributed by atoms with Crippen LogP contribution in [-0.2, 0) is 0 Å². The van der Waals surface area contributed by atoms with Crippen LogP contribution in [0.3, 0.4) is 0 Å². The van der Waals surface area contributed by atoms with E-state index in [2.05, 4.69) is 10.3 Å². The zero-order valence-corrected chi connectivity index (χ0v) is 12.9. The summed E-state index contributed by atoms with van der Waals surface area (Å²) in [6.45, 7) is 0.142. The van der Waals surface area contributed by atoms with Crippen molar-refractivity contribution in [2.45, 2.75) is 25.3 Å². The first-order valence-corrected chi connectivity index (χ1v) is 8.55. The normalized spacial score (nSPS) is 29.9. The lowest BCUT2D eigenvalue weighted by Gasteiger charge is -2.30. The Morgan fingerprint density at radius 3 is 3.09 bits per heavy atom. The van der Waals surface area contributed by atoms with Gasteiger partial charge in [0.1, 0.15) is 0 Å². The van der Waals surface area contributed by atoms with Crippen molar-refractivity contribution in [3.63, 3.8) is 0 Å². The molecule has 5 nitrogen and oxygen atoms in total. The minimum absolute atomic E-state index is 0.0594. The number of nitrogens with one attached hydrogen (secondary N) is 1. The fourth-order valence-electron chi connectivity index (χ4n) is 4.11. The second-order valence-corrected chi connectivity index (χ2v) is 7.13. The maximum Gasteiger partial charge on any atom is 0.274 e. The zero-order chi connectivity index (χ0) is 15.1. The Labute approximate surface area is 132 Å². The molecule has 6 heteroatoms. The molecule has 4 unspecified atom stereocenters. The minimum Gasteiger partial charge on any atom is -0.442 e. The van der Waals surface area contributed by atoms with Gasteiger partial charge in [-0.2, -0.15) is 0 Å². The van der Waals surface area contributed by atoms with Crippen molar-refractivity contribution in [2.24, 2.45) is 17.8 Å². The largest absolute Gasteiger partial charge is 0.442 e. The molecule has 0 saturated heterocycles. The van der Waals surface area contributed by atoms with Gasteiger partial charge < -0.3 is 14.8 Å². The Bertz CT molecular complexity index is 667. The summed E-state index contributed by atoms with van der Waals surface area (Å²) >= 11 is 1.52. The molecular formula is C16H18N2O3S. The number of thiophene rings is 1. The number of carbonyl (C=O) groups excluding carboxylic acids is 1. The van der Waals surface area contributed by atoms with Gasteiger partial charge in [-0.3, -0.25) is 4.79 Å². The van der Waals surface area contributed by atoms with Gasteiger partial charge >= 0.3 is 0 Å². The zero-order valence-electron chi connectivity index (χ0n) is 12.1. The van der Waals surface area contributed by atoms with Crippen LogP contribution in [0.2, 0.25) is 0 Å². The summed E-state index contributed by atoms with van der Waals surface area (Å²) in [4.78, 5) is 17.6. The molecule has 2 heterocycles. The molecule has 2 bridgehead atoms. The third-order valence-electron chi connectivity index (χ3n) is 5.12. The van der Waals surface area contributed by atoms with Gasteiger partial charge in [-0.05, 0) is 42.5 Å². The predicted octanol–water partition coefficient (Wildman–Crippen LogP) is 2.54. The number of fused-ring (bicyclic) bond motifs is 2. The molecule has 2 fully saturated rings. The summed E-state index contributed by atoms with van der Waals surface area (Å²) in [7, 11) is 0. The number of aliphatic hydroxyl groups is 1. The van der Waals surface area contributed by atoms with Crippen LogP contribution < -0.4 is 5.32 Å². The Kier molecular flexibility index (Phi) is 3.50. The molecule has 0 aliphatic heterocycles. The van der Waals surface area contributed by atoms with Gasteiger partial charge in [-0.25, -0.2) is 4.98 Å². The second-order valence-electron chi connectivity index (χ2n) is 6.19. The summed E-state index contributed by atoms with van der Waals surface area (Å²) in [5, 5.41) is 14.7. The van der Waals surface area contributed by atoms with Crippen LogP contribution in [0, 0.1) is 17.8 Å². The summed E-state index contributed by atoms with van der Waals surface area (Å²) in [5.74, 6) is 1.54. The van der Waals surface area contributed by atoms with E-state index in [4.69, 9.17) is 4.42 Å². The Balaban J connectivity index is 1.55. The molecule has 0 aromatic carbocycles. The molecule has 2 N–H and O–H groups in total. The molecule has 0 spiro atoms. The van der Waals surface area contributed by atoms with Gasteiger partial charge in [0.15, 0.2) is 17.8 Å². The lowest BCUT2D eigenvalue weighted by molar-refractivity contribution is 0.0857. The third-order valence-corrected chi connectivity index (χ3v) is 5.99. The summed E-state index contributed by atoms with van der Waals surface area (Å²) < 4.78 is 5.40. The molecule has 22 heavy (non-hydrogen) atoms. The summed E-state index contributed by atoms with van der Waals surface area (Å²) in [6, 6.07) is 3.89. The molecular weight excluding hydrogens is 300 g/mol. The number of carbonyl (C=O) groups is 1. The SMILES string of the molecule is O=C(NC1C2CCC(C2)C1CO)c1ncoc1-c1cccs1. The van der Waals surface area contributed by atoms with Crippen molar-refractivity contribution >= 4 is 17.2 Å². The van der Waals surface area contributed by atoms with Gasteiger partial charge in [0.2, 0.25) is 0 Å². The van der Waals surface area contributed by atoms with Crippen LogP contribution in [0.4, 0.5) is 0 Å². The Morgan fingerprint density at radius 1 is 1.45 bits per heavy atom. The first-order chi connectivity index (χ1) is 10.8. The molecule has 4 rings (SSSR count). The Morgan fingerprint density at radius 2 is 2.32 bits per heavy atom.